The van der Waals surface area contributed by atoms with E-state index in [1.165, 1.54) is 47.3 Å². The van der Waals surface area contributed by atoms with Gasteiger partial charge >= 0.3 is 0 Å². The predicted octanol–water partition coefficient (Wildman–Crippen LogP) is 12.9. The third kappa shape index (κ3) is 4.01. The Balaban J connectivity index is 1.30. The Bertz CT molecular complexity index is 3230. The number of nitrogens with zero attached hydrogens (tertiary/aromatic N) is 3. The molecular weight excluding hydrogens is 643 g/mol. The lowest BCUT2D eigenvalue weighted by molar-refractivity contribution is 0.669. The van der Waals surface area contributed by atoms with Crippen molar-refractivity contribution in [2.24, 2.45) is 0 Å². The minimum absolute atomic E-state index is 0.664. The molecule has 0 aliphatic rings. The predicted molar refractivity (Wildman–Crippen MR) is 214 cm³/mol. The van der Waals surface area contributed by atoms with Crippen molar-refractivity contribution in [1.82, 2.24) is 14.5 Å². The van der Waals surface area contributed by atoms with E-state index in [2.05, 4.69) is 146 Å². The molecule has 4 heterocycles. The van der Waals surface area contributed by atoms with E-state index in [-0.39, 0.29) is 0 Å². The average molecular weight is 672 g/mol. The summed E-state index contributed by atoms with van der Waals surface area (Å²) in [6.45, 7) is 4.29. The van der Waals surface area contributed by atoms with Crippen LogP contribution in [0.2, 0.25) is 0 Å². The number of thiophene rings is 1. The maximum absolute atomic E-state index is 6.25. The number of hydrogen-bond acceptors (Lipinski definition) is 4. The van der Waals surface area contributed by atoms with Crippen LogP contribution in [-0.2, 0) is 0 Å². The van der Waals surface area contributed by atoms with Gasteiger partial charge in [-0.1, -0.05) is 103 Å². The van der Waals surface area contributed by atoms with Gasteiger partial charge < -0.3 is 4.42 Å². The maximum atomic E-state index is 6.25. The van der Waals surface area contributed by atoms with Crippen molar-refractivity contribution in [1.29, 1.82) is 0 Å². The van der Waals surface area contributed by atoms with Gasteiger partial charge in [-0.2, -0.15) is 0 Å². The van der Waals surface area contributed by atoms with Crippen LogP contribution in [0.5, 0.6) is 0 Å². The van der Waals surface area contributed by atoms with E-state index >= 15 is 0 Å². The molecule has 0 saturated heterocycles. The Morgan fingerprint density at radius 1 is 0.569 bits per heavy atom. The molecule has 240 valence electrons. The van der Waals surface area contributed by atoms with Crippen LogP contribution in [0.4, 0.5) is 0 Å². The van der Waals surface area contributed by atoms with Crippen LogP contribution in [0, 0.1) is 13.8 Å². The molecule has 4 nitrogen and oxygen atoms in total. The highest BCUT2D eigenvalue weighted by molar-refractivity contribution is 7.27. The summed E-state index contributed by atoms with van der Waals surface area (Å²) in [6.07, 6.45) is 0. The number of furan rings is 1. The van der Waals surface area contributed by atoms with Crippen molar-refractivity contribution >= 4 is 86.0 Å². The molecule has 0 aliphatic heterocycles. The van der Waals surface area contributed by atoms with Crippen LogP contribution in [-0.4, -0.2) is 14.5 Å². The van der Waals surface area contributed by atoms with Crippen molar-refractivity contribution < 1.29 is 4.42 Å². The summed E-state index contributed by atoms with van der Waals surface area (Å²) in [5.74, 6) is 0.664. The number of para-hydroxylation sites is 2. The summed E-state index contributed by atoms with van der Waals surface area (Å²) in [7, 11) is 0. The van der Waals surface area contributed by atoms with E-state index in [0.717, 1.165) is 61.1 Å². The zero-order valence-electron chi connectivity index (χ0n) is 27.9. The minimum atomic E-state index is 0.664. The smallest absolute Gasteiger partial charge is 0.235 e. The van der Waals surface area contributed by atoms with Gasteiger partial charge in [0.2, 0.25) is 5.95 Å². The van der Waals surface area contributed by atoms with Gasteiger partial charge in [0.25, 0.3) is 0 Å². The summed E-state index contributed by atoms with van der Waals surface area (Å²) >= 11 is 1.85. The molecule has 0 bridgehead atoms. The van der Waals surface area contributed by atoms with E-state index in [1.54, 1.807) is 0 Å². The molecule has 51 heavy (non-hydrogen) atoms. The number of aryl methyl sites for hydroxylation is 2. The van der Waals surface area contributed by atoms with Crippen molar-refractivity contribution in [2.45, 2.75) is 13.8 Å². The van der Waals surface area contributed by atoms with Crippen molar-refractivity contribution in [3.05, 3.63) is 151 Å². The molecule has 0 N–H and O–H groups in total. The molecule has 4 aromatic heterocycles. The van der Waals surface area contributed by atoms with Crippen LogP contribution < -0.4 is 0 Å². The first-order valence-electron chi connectivity index (χ1n) is 17.3. The van der Waals surface area contributed by atoms with Crippen LogP contribution in [0.25, 0.3) is 103 Å². The topological polar surface area (TPSA) is 43.9 Å². The molecular formula is C46H29N3OS. The van der Waals surface area contributed by atoms with Crippen LogP contribution >= 0.6 is 11.3 Å². The molecule has 0 amide bonds. The Kier molecular flexibility index (Phi) is 5.93. The van der Waals surface area contributed by atoms with E-state index < -0.39 is 0 Å². The highest BCUT2D eigenvalue weighted by Crippen LogP contribution is 2.48. The largest absolute Gasteiger partial charge is 0.456 e. The minimum Gasteiger partial charge on any atom is -0.456 e. The highest BCUT2D eigenvalue weighted by atomic mass is 32.1. The second-order valence-corrected chi connectivity index (χ2v) is 14.4. The molecule has 0 radical (unpaired) electrons. The third-order valence-electron chi connectivity index (χ3n) is 10.5. The molecule has 0 aliphatic carbocycles. The lowest BCUT2D eigenvalue weighted by Gasteiger charge is -2.17. The normalized spacial score (nSPS) is 12.1. The van der Waals surface area contributed by atoms with Crippen molar-refractivity contribution in [2.75, 3.05) is 0 Å². The molecule has 0 unspecified atom stereocenters. The van der Waals surface area contributed by atoms with Gasteiger partial charge in [-0.3, -0.25) is 4.57 Å². The van der Waals surface area contributed by atoms with Gasteiger partial charge in [0.15, 0.2) is 0 Å². The Hall–Kier alpha value is -6.30. The van der Waals surface area contributed by atoms with Gasteiger partial charge in [-0.25, -0.2) is 9.97 Å². The summed E-state index contributed by atoms with van der Waals surface area (Å²) in [6, 6.07) is 49.6. The van der Waals surface area contributed by atoms with Gasteiger partial charge in [0.05, 0.1) is 27.1 Å². The van der Waals surface area contributed by atoms with Gasteiger partial charge in [0.1, 0.15) is 11.2 Å². The lowest BCUT2D eigenvalue weighted by atomic mass is 9.94. The summed E-state index contributed by atoms with van der Waals surface area (Å²) in [4.78, 5) is 11.0. The third-order valence-corrected chi connectivity index (χ3v) is 11.7. The first-order chi connectivity index (χ1) is 25.1. The zero-order chi connectivity index (χ0) is 33.8. The number of fused-ring (bicyclic) bond motifs is 13. The fourth-order valence-electron chi connectivity index (χ4n) is 8.25. The zero-order valence-corrected chi connectivity index (χ0v) is 28.8. The second kappa shape index (κ2) is 10.6. The first-order valence-corrected chi connectivity index (χ1v) is 18.1. The van der Waals surface area contributed by atoms with E-state index in [0.29, 0.717) is 5.95 Å². The van der Waals surface area contributed by atoms with Crippen molar-refractivity contribution in [3.63, 3.8) is 0 Å². The summed E-state index contributed by atoms with van der Waals surface area (Å²) in [5, 5.41) is 9.68. The fourth-order valence-corrected chi connectivity index (χ4v) is 9.51. The lowest BCUT2D eigenvalue weighted by Crippen LogP contribution is -2.07. The molecule has 0 spiro atoms. The number of aromatic nitrogens is 3. The first kappa shape index (κ1) is 28.5. The van der Waals surface area contributed by atoms with Gasteiger partial charge in [-0.15, -0.1) is 11.3 Å². The van der Waals surface area contributed by atoms with Crippen LogP contribution in [0.1, 0.15) is 11.3 Å². The average Bonchev–Trinajstić information content (AvgIpc) is 3.85. The molecule has 11 rings (SSSR count). The monoisotopic (exact) mass is 671 g/mol. The Morgan fingerprint density at radius 3 is 2.08 bits per heavy atom. The molecule has 0 atom stereocenters. The number of benzene rings is 7. The molecule has 0 fully saturated rings. The molecule has 7 aromatic carbocycles. The number of rotatable bonds is 3. The van der Waals surface area contributed by atoms with Crippen molar-refractivity contribution in [3.8, 4) is 28.3 Å². The maximum Gasteiger partial charge on any atom is 0.235 e. The summed E-state index contributed by atoms with van der Waals surface area (Å²) in [5.41, 5.74) is 10.2. The van der Waals surface area contributed by atoms with E-state index in [9.17, 15) is 0 Å². The quantitative estimate of drug-likeness (QED) is 0.188. The van der Waals surface area contributed by atoms with E-state index in [1.807, 2.05) is 23.5 Å². The SMILES string of the molecule is Cc1ccccc1-c1c(C)nc(-n2c3ccccc3c3c4ccccc4c4c5ccccc5sc4c32)nc1-c1ccc2oc3ccccc3c2c1. The van der Waals surface area contributed by atoms with Gasteiger partial charge in [0, 0.05) is 48.1 Å². The summed E-state index contributed by atoms with van der Waals surface area (Å²) < 4.78 is 11.1. The standard InChI is InChI=1S/C46H29N3OS/c1-26-13-3-4-14-29(26)40-27(2)47-46(48-43(40)28-23-24-38-35(25-28)30-15-8-11-21-37(30)50-38)49-36-20-10-7-18-33(36)41-31-16-5-6-17-32(31)42-34-19-9-12-22-39(34)51-45(42)44(41)49/h3-25H,1-2H3. The van der Waals surface area contributed by atoms with Crippen LogP contribution in [0.3, 0.4) is 0 Å². The van der Waals surface area contributed by atoms with Crippen LogP contribution in [0.15, 0.2) is 144 Å². The Morgan fingerprint density at radius 2 is 1.24 bits per heavy atom. The molecule has 0 saturated carbocycles. The fraction of sp³-hybridized carbons (Fsp3) is 0.0435. The second-order valence-electron chi connectivity index (χ2n) is 13.4. The Labute approximate surface area is 296 Å². The van der Waals surface area contributed by atoms with Gasteiger partial charge in [-0.05, 0) is 72.1 Å². The highest BCUT2D eigenvalue weighted by Gasteiger charge is 2.25. The molecule has 11 aromatic rings. The van der Waals surface area contributed by atoms with E-state index in [4.69, 9.17) is 14.4 Å². The molecule has 5 heteroatoms. The number of hydrogen-bond donors (Lipinski definition) is 0.